The highest BCUT2D eigenvalue weighted by Gasteiger charge is 2.60. The highest BCUT2D eigenvalue weighted by Crippen LogP contribution is 2.58. The van der Waals surface area contributed by atoms with Gasteiger partial charge in [-0.25, -0.2) is 5.43 Å². The minimum Gasteiger partial charge on any atom is -0.490 e. The Hall–Kier alpha value is -4.00. The van der Waals surface area contributed by atoms with Crippen LogP contribution in [0.3, 0.4) is 0 Å². The number of nitro groups is 1. The maximum Gasteiger partial charge on any atom is 0.311 e. The van der Waals surface area contributed by atoms with Crippen LogP contribution in [-0.4, -0.2) is 24.2 Å². The zero-order valence-electron chi connectivity index (χ0n) is 16.9. The van der Waals surface area contributed by atoms with Crippen molar-refractivity contribution >= 4 is 17.8 Å². The molecular formula is C24H21N3O4. The molecule has 156 valence electrons. The molecule has 1 aliphatic carbocycles. The van der Waals surface area contributed by atoms with E-state index in [-0.39, 0.29) is 28.7 Å². The second-order valence-corrected chi connectivity index (χ2v) is 7.38. The molecule has 1 atom stereocenters. The van der Waals surface area contributed by atoms with E-state index in [0.717, 1.165) is 11.1 Å². The molecule has 0 heterocycles. The summed E-state index contributed by atoms with van der Waals surface area (Å²) in [5, 5.41) is 15.2. The molecule has 0 saturated heterocycles. The minimum atomic E-state index is -0.521. The van der Waals surface area contributed by atoms with Crippen molar-refractivity contribution in [2.45, 2.75) is 11.8 Å². The van der Waals surface area contributed by atoms with Gasteiger partial charge in [-0.3, -0.25) is 14.9 Å². The van der Waals surface area contributed by atoms with E-state index in [4.69, 9.17) is 4.74 Å². The molecule has 7 nitrogen and oxygen atoms in total. The first-order valence-electron chi connectivity index (χ1n) is 9.82. The third kappa shape index (κ3) is 3.90. The summed E-state index contributed by atoms with van der Waals surface area (Å²) in [6.45, 7) is 0. The summed E-state index contributed by atoms with van der Waals surface area (Å²) >= 11 is 0. The van der Waals surface area contributed by atoms with E-state index in [1.807, 2.05) is 60.7 Å². The maximum absolute atomic E-state index is 12.9. The van der Waals surface area contributed by atoms with Crippen molar-refractivity contribution in [2.24, 2.45) is 11.0 Å². The normalized spacial score (nSPS) is 16.6. The molecule has 0 aliphatic heterocycles. The topological polar surface area (TPSA) is 93.8 Å². The Kier molecular flexibility index (Phi) is 5.49. The van der Waals surface area contributed by atoms with E-state index in [0.29, 0.717) is 12.0 Å². The van der Waals surface area contributed by atoms with Gasteiger partial charge in [-0.2, -0.15) is 5.10 Å². The minimum absolute atomic E-state index is 0.160. The Morgan fingerprint density at radius 2 is 1.71 bits per heavy atom. The Morgan fingerprint density at radius 1 is 1.10 bits per heavy atom. The van der Waals surface area contributed by atoms with Crippen molar-refractivity contribution in [1.82, 2.24) is 5.43 Å². The van der Waals surface area contributed by atoms with Crippen LogP contribution in [0.2, 0.25) is 0 Å². The zero-order valence-corrected chi connectivity index (χ0v) is 16.9. The predicted molar refractivity (Wildman–Crippen MR) is 117 cm³/mol. The molecule has 0 radical (unpaired) electrons. The van der Waals surface area contributed by atoms with Gasteiger partial charge >= 0.3 is 5.69 Å². The summed E-state index contributed by atoms with van der Waals surface area (Å²) in [6, 6.07) is 24.5. The SMILES string of the molecule is COc1ccc(/C=N\NC(=O)[C@@H]2CC2(c2ccccc2)c2ccccc2)cc1[N+](=O)[O-]. The highest BCUT2D eigenvalue weighted by atomic mass is 16.6. The van der Waals surface area contributed by atoms with Crippen LogP contribution in [0.15, 0.2) is 84.0 Å². The van der Waals surface area contributed by atoms with Crippen LogP contribution in [-0.2, 0) is 10.2 Å². The van der Waals surface area contributed by atoms with Gasteiger partial charge in [0, 0.05) is 17.0 Å². The standard InChI is InChI=1S/C24H21N3O4/c1-31-22-13-12-17(14-21(22)27(29)30)16-25-26-23(28)20-15-24(20,18-8-4-2-5-9-18)19-10-6-3-7-11-19/h2-14,16,20H,15H2,1H3,(H,26,28)/b25-16-/t20-/m0/s1. The van der Waals surface area contributed by atoms with E-state index in [1.54, 1.807) is 6.07 Å². The third-order valence-corrected chi connectivity index (χ3v) is 5.64. The van der Waals surface area contributed by atoms with Crippen LogP contribution in [0.25, 0.3) is 0 Å². The number of methoxy groups -OCH3 is 1. The lowest BCUT2D eigenvalue weighted by Gasteiger charge is -2.18. The molecule has 1 fully saturated rings. The summed E-state index contributed by atoms with van der Waals surface area (Å²) in [5.74, 6) is -0.272. The van der Waals surface area contributed by atoms with Crippen LogP contribution in [0.1, 0.15) is 23.1 Å². The van der Waals surface area contributed by atoms with Gasteiger partial charge in [-0.15, -0.1) is 0 Å². The number of hydrazone groups is 1. The Bertz CT molecular complexity index is 1090. The molecule has 31 heavy (non-hydrogen) atoms. The van der Waals surface area contributed by atoms with E-state index >= 15 is 0 Å². The number of carbonyl (C=O) groups excluding carboxylic acids is 1. The van der Waals surface area contributed by atoms with Crippen LogP contribution >= 0.6 is 0 Å². The van der Waals surface area contributed by atoms with E-state index in [1.165, 1.54) is 25.5 Å². The van der Waals surface area contributed by atoms with Gasteiger partial charge < -0.3 is 4.74 Å². The first-order valence-corrected chi connectivity index (χ1v) is 9.82. The maximum atomic E-state index is 12.9. The third-order valence-electron chi connectivity index (χ3n) is 5.64. The summed E-state index contributed by atoms with van der Waals surface area (Å²) < 4.78 is 5.00. The van der Waals surface area contributed by atoms with Gasteiger partial charge in [-0.1, -0.05) is 60.7 Å². The average molecular weight is 415 g/mol. The number of ether oxygens (including phenoxy) is 1. The Labute approximate surface area is 179 Å². The molecule has 1 amide bonds. The number of nitrogens with zero attached hydrogens (tertiary/aromatic N) is 2. The molecule has 7 heteroatoms. The molecule has 0 spiro atoms. The van der Waals surface area contributed by atoms with Crippen LogP contribution in [0, 0.1) is 16.0 Å². The van der Waals surface area contributed by atoms with Crippen molar-refractivity contribution in [3.05, 3.63) is 106 Å². The van der Waals surface area contributed by atoms with E-state index in [2.05, 4.69) is 10.5 Å². The lowest BCUT2D eigenvalue weighted by Crippen LogP contribution is -2.25. The molecule has 0 aromatic heterocycles. The Morgan fingerprint density at radius 3 is 2.26 bits per heavy atom. The number of rotatable bonds is 7. The second kappa shape index (κ2) is 8.39. The van der Waals surface area contributed by atoms with Crippen molar-refractivity contribution in [1.29, 1.82) is 0 Å². The van der Waals surface area contributed by atoms with Gasteiger partial charge in [0.2, 0.25) is 5.91 Å². The molecule has 1 saturated carbocycles. The van der Waals surface area contributed by atoms with Gasteiger partial charge in [0.25, 0.3) is 0 Å². The molecule has 3 aromatic rings. The summed E-state index contributed by atoms with van der Waals surface area (Å²) in [4.78, 5) is 23.5. The predicted octanol–water partition coefficient (Wildman–Crippen LogP) is 4.06. The summed E-state index contributed by atoms with van der Waals surface area (Å²) in [7, 11) is 1.37. The summed E-state index contributed by atoms with van der Waals surface area (Å²) in [6.07, 6.45) is 2.08. The fourth-order valence-electron chi connectivity index (χ4n) is 4.03. The number of carbonyl (C=O) groups is 1. The van der Waals surface area contributed by atoms with Gasteiger partial charge in [0.05, 0.1) is 24.2 Å². The molecule has 3 aromatic carbocycles. The van der Waals surface area contributed by atoms with Crippen LogP contribution in [0.5, 0.6) is 5.75 Å². The van der Waals surface area contributed by atoms with Crippen molar-refractivity contribution in [3.8, 4) is 5.75 Å². The number of hydrogen-bond acceptors (Lipinski definition) is 5. The molecule has 4 rings (SSSR count). The van der Waals surface area contributed by atoms with Crippen molar-refractivity contribution in [2.75, 3.05) is 7.11 Å². The number of nitrogens with one attached hydrogen (secondary N) is 1. The lowest BCUT2D eigenvalue weighted by molar-refractivity contribution is -0.385. The number of hydrogen-bond donors (Lipinski definition) is 1. The van der Waals surface area contributed by atoms with Gasteiger partial charge in [0.1, 0.15) is 0 Å². The lowest BCUT2D eigenvalue weighted by atomic mass is 9.85. The van der Waals surface area contributed by atoms with Crippen molar-refractivity contribution in [3.63, 3.8) is 0 Å². The fourth-order valence-corrected chi connectivity index (χ4v) is 4.03. The monoisotopic (exact) mass is 415 g/mol. The first kappa shape index (κ1) is 20.3. The number of nitro benzene ring substituents is 1. The summed E-state index contributed by atoms with van der Waals surface area (Å²) in [5.41, 5.74) is 4.73. The van der Waals surface area contributed by atoms with Crippen LogP contribution < -0.4 is 10.2 Å². The molecule has 1 N–H and O–H groups in total. The highest BCUT2D eigenvalue weighted by molar-refractivity contribution is 5.88. The second-order valence-electron chi connectivity index (χ2n) is 7.38. The fraction of sp³-hybridized carbons (Fsp3) is 0.167. The van der Waals surface area contributed by atoms with E-state index < -0.39 is 4.92 Å². The number of amides is 1. The van der Waals surface area contributed by atoms with E-state index in [9.17, 15) is 14.9 Å². The van der Waals surface area contributed by atoms with Crippen molar-refractivity contribution < 1.29 is 14.5 Å². The van der Waals surface area contributed by atoms with Gasteiger partial charge in [-0.05, 0) is 29.7 Å². The first-order chi connectivity index (χ1) is 15.1. The number of benzene rings is 3. The Balaban J connectivity index is 1.52. The average Bonchev–Trinajstić information content (AvgIpc) is 3.57. The quantitative estimate of drug-likeness (QED) is 0.358. The zero-order chi connectivity index (χ0) is 21.8. The smallest absolute Gasteiger partial charge is 0.311 e. The molecule has 0 unspecified atom stereocenters. The van der Waals surface area contributed by atoms with Gasteiger partial charge in [0.15, 0.2) is 5.75 Å². The molecule has 1 aliphatic rings. The van der Waals surface area contributed by atoms with Crippen LogP contribution in [0.4, 0.5) is 5.69 Å². The molecule has 0 bridgehead atoms. The molecular weight excluding hydrogens is 394 g/mol. The largest absolute Gasteiger partial charge is 0.490 e.